The average molecular weight is 153 g/mol. The molecule has 4 heteroatoms. The van der Waals surface area contributed by atoms with Crippen molar-refractivity contribution in [3.05, 3.63) is 0 Å². The molecule has 0 aliphatic carbocycles. The lowest BCUT2D eigenvalue weighted by atomic mass is 10.4. The molecule has 0 unspecified atom stereocenters. The second-order valence-corrected chi connectivity index (χ2v) is 1.92. The third-order valence-corrected chi connectivity index (χ3v) is 0.959. The van der Waals surface area contributed by atoms with E-state index in [1.54, 1.807) is 0 Å². The van der Waals surface area contributed by atoms with Crippen molar-refractivity contribution in [3.8, 4) is 0 Å². The number of hydrogen-bond acceptors (Lipinski definition) is 2. The minimum Gasteiger partial charge on any atom is -0.375 e. The highest BCUT2D eigenvalue weighted by Gasteiger charge is 1.99. The first-order valence-electron chi connectivity index (χ1n) is 3.28. The molecule has 0 aliphatic heterocycles. The van der Waals surface area contributed by atoms with Gasteiger partial charge in [0.2, 0.25) is 0 Å². The highest BCUT2D eigenvalue weighted by atomic mass is 19.3. The van der Waals surface area contributed by atoms with Crippen LogP contribution in [0.15, 0.2) is 0 Å². The molecule has 0 saturated heterocycles. The Morgan fingerprint density at radius 1 is 1.50 bits per heavy atom. The molecule has 0 aromatic carbocycles. The van der Waals surface area contributed by atoms with Crippen molar-refractivity contribution < 1.29 is 13.5 Å². The topological polar surface area (TPSA) is 21.3 Å². The Kier molecular flexibility index (Phi) is 6.74. The van der Waals surface area contributed by atoms with E-state index in [4.69, 9.17) is 0 Å². The summed E-state index contributed by atoms with van der Waals surface area (Å²) in [4.78, 5) is 0. The number of hydrogen-bond donors (Lipinski definition) is 1. The quantitative estimate of drug-likeness (QED) is 0.572. The van der Waals surface area contributed by atoms with E-state index in [0.29, 0.717) is 6.61 Å². The Labute approximate surface area is 59.6 Å². The van der Waals surface area contributed by atoms with Crippen LogP contribution in [-0.4, -0.2) is 33.2 Å². The number of nitrogens with one attached hydrogen (secondary N) is 1. The minimum absolute atomic E-state index is 0.408. The van der Waals surface area contributed by atoms with Gasteiger partial charge >= 0.3 is 0 Å². The first kappa shape index (κ1) is 9.78. The maximum absolute atomic E-state index is 11.4. The summed E-state index contributed by atoms with van der Waals surface area (Å²) in [5.74, 6) is 0. The van der Waals surface area contributed by atoms with Crippen LogP contribution in [-0.2, 0) is 4.74 Å². The van der Waals surface area contributed by atoms with Crippen molar-refractivity contribution in [2.45, 2.75) is 12.8 Å². The van der Waals surface area contributed by atoms with E-state index < -0.39 is 13.0 Å². The van der Waals surface area contributed by atoms with Gasteiger partial charge in [-0.1, -0.05) is 0 Å². The first-order chi connectivity index (χ1) is 4.77. The van der Waals surface area contributed by atoms with E-state index in [0.717, 1.165) is 13.0 Å². The summed E-state index contributed by atoms with van der Waals surface area (Å²) in [6, 6.07) is 0. The standard InChI is InChI=1S/C6H13F2NO/c1-9-3-2-4-10-5-6(7)8/h6,9H,2-5H2,1H3. The summed E-state index contributed by atoms with van der Waals surface area (Å²) < 4.78 is 27.4. The van der Waals surface area contributed by atoms with E-state index >= 15 is 0 Å². The first-order valence-corrected chi connectivity index (χ1v) is 3.28. The second kappa shape index (κ2) is 6.89. The Balaban J connectivity index is 2.77. The summed E-state index contributed by atoms with van der Waals surface area (Å²) in [5.41, 5.74) is 0. The van der Waals surface area contributed by atoms with Crippen molar-refractivity contribution in [1.29, 1.82) is 0 Å². The molecule has 0 spiro atoms. The van der Waals surface area contributed by atoms with E-state index in [2.05, 4.69) is 10.1 Å². The number of alkyl halides is 2. The van der Waals surface area contributed by atoms with Gasteiger partial charge in [-0.2, -0.15) is 0 Å². The smallest absolute Gasteiger partial charge is 0.261 e. The minimum atomic E-state index is -2.34. The van der Waals surface area contributed by atoms with Gasteiger partial charge < -0.3 is 10.1 Å². The van der Waals surface area contributed by atoms with E-state index in [1.807, 2.05) is 7.05 Å². The van der Waals surface area contributed by atoms with Crippen LogP contribution in [0.1, 0.15) is 6.42 Å². The maximum Gasteiger partial charge on any atom is 0.261 e. The summed E-state index contributed by atoms with van der Waals surface area (Å²) in [7, 11) is 1.81. The molecule has 0 heterocycles. The van der Waals surface area contributed by atoms with E-state index in [9.17, 15) is 8.78 Å². The molecule has 62 valence electrons. The lowest BCUT2D eigenvalue weighted by molar-refractivity contribution is 0.0169. The summed E-state index contributed by atoms with van der Waals surface area (Å²) in [5, 5.41) is 2.89. The van der Waals surface area contributed by atoms with Crippen LogP contribution in [0.4, 0.5) is 8.78 Å². The van der Waals surface area contributed by atoms with Crippen LogP contribution < -0.4 is 5.32 Å². The molecule has 0 fully saturated rings. The Hall–Kier alpha value is -0.220. The average Bonchev–Trinajstić information content (AvgIpc) is 1.87. The van der Waals surface area contributed by atoms with Crippen LogP contribution in [0, 0.1) is 0 Å². The van der Waals surface area contributed by atoms with Crippen molar-refractivity contribution in [2.75, 3.05) is 26.8 Å². The van der Waals surface area contributed by atoms with E-state index in [-0.39, 0.29) is 0 Å². The fourth-order valence-electron chi connectivity index (χ4n) is 0.523. The van der Waals surface area contributed by atoms with Crippen molar-refractivity contribution in [1.82, 2.24) is 5.32 Å². The lowest BCUT2D eigenvalue weighted by Crippen LogP contribution is -2.12. The van der Waals surface area contributed by atoms with Gasteiger partial charge in [0.05, 0.1) is 0 Å². The predicted molar refractivity (Wildman–Crippen MR) is 35.4 cm³/mol. The molecular weight excluding hydrogens is 140 g/mol. The van der Waals surface area contributed by atoms with Crippen LogP contribution in [0.5, 0.6) is 0 Å². The molecule has 0 aromatic rings. The van der Waals surface area contributed by atoms with Gasteiger partial charge in [-0.15, -0.1) is 0 Å². The van der Waals surface area contributed by atoms with Crippen molar-refractivity contribution in [2.24, 2.45) is 0 Å². The zero-order valence-corrected chi connectivity index (χ0v) is 6.07. The monoisotopic (exact) mass is 153 g/mol. The maximum atomic E-state index is 11.4. The molecule has 0 bridgehead atoms. The Bertz CT molecular complexity index is 70.8. The third-order valence-electron chi connectivity index (χ3n) is 0.959. The molecule has 0 aliphatic rings. The van der Waals surface area contributed by atoms with Crippen molar-refractivity contribution >= 4 is 0 Å². The van der Waals surface area contributed by atoms with Gasteiger partial charge in [0.1, 0.15) is 6.61 Å². The number of rotatable bonds is 6. The van der Waals surface area contributed by atoms with Gasteiger partial charge in [0, 0.05) is 6.61 Å². The zero-order chi connectivity index (χ0) is 7.82. The Morgan fingerprint density at radius 2 is 2.20 bits per heavy atom. The molecule has 0 radical (unpaired) electrons. The van der Waals surface area contributed by atoms with Crippen LogP contribution in [0.2, 0.25) is 0 Å². The van der Waals surface area contributed by atoms with Crippen LogP contribution in [0.3, 0.4) is 0 Å². The predicted octanol–water partition coefficient (Wildman–Crippen LogP) is 0.878. The summed E-state index contributed by atoms with van der Waals surface area (Å²) in [6.07, 6.45) is -1.56. The molecule has 0 amide bonds. The fourth-order valence-corrected chi connectivity index (χ4v) is 0.523. The molecule has 0 saturated carbocycles. The summed E-state index contributed by atoms with van der Waals surface area (Å²) in [6.45, 7) is 0.776. The summed E-state index contributed by atoms with van der Waals surface area (Å²) >= 11 is 0. The highest BCUT2D eigenvalue weighted by molar-refractivity contribution is 4.40. The second-order valence-electron chi connectivity index (χ2n) is 1.92. The Morgan fingerprint density at radius 3 is 2.70 bits per heavy atom. The largest absolute Gasteiger partial charge is 0.375 e. The zero-order valence-electron chi connectivity index (χ0n) is 6.07. The van der Waals surface area contributed by atoms with Gasteiger partial charge in [0.25, 0.3) is 6.43 Å². The molecule has 0 rings (SSSR count). The molecular formula is C6H13F2NO. The van der Waals surface area contributed by atoms with Crippen LogP contribution >= 0.6 is 0 Å². The lowest BCUT2D eigenvalue weighted by Gasteiger charge is -2.01. The van der Waals surface area contributed by atoms with Gasteiger partial charge in [-0.05, 0) is 20.0 Å². The normalized spacial score (nSPS) is 10.8. The van der Waals surface area contributed by atoms with Crippen molar-refractivity contribution in [3.63, 3.8) is 0 Å². The third kappa shape index (κ3) is 7.78. The molecule has 1 N–H and O–H groups in total. The molecule has 10 heavy (non-hydrogen) atoms. The fraction of sp³-hybridized carbons (Fsp3) is 1.00. The van der Waals surface area contributed by atoms with Gasteiger partial charge in [-0.3, -0.25) is 0 Å². The molecule has 2 nitrogen and oxygen atoms in total. The number of halogens is 2. The SMILES string of the molecule is CNCCCOCC(F)F. The molecule has 0 atom stereocenters. The van der Waals surface area contributed by atoms with E-state index in [1.165, 1.54) is 0 Å². The molecule has 0 aromatic heterocycles. The highest BCUT2D eigenvalue weighted by Crippen LogP contribution is 1.92. The number of ether oxygens (including phenoxy) is 1. The van der Waals surface area contributed by atoms with Gasteiger partial charge in [-0.25, -0.2) is 8.78 Å². The van der Waals surface area contributed by atoms with Gasteiger partial charge in [0.15, 0.2) is 0 Å². The van der Waals surface area contributed by atoms with Crippen LogP contribution in [0.25, 0.3) is 0 Å².